The third-order valence-electron chi connectivity index (χ3n) is 5.64. The van der Waals surface area contributed by atoms with Crippen LogP contribution in [-0.4, -0.2) is 77.1 Å². The number of aromatic nitrogens is 4. The van der Waals surface area contributed by atoms with Crippen LogP contribution in [0.1, 0.15) is 41.7 Å². The quantitative estimate of drug-likeness (QED) is 0.0836. The minimum atomic E-state index is -1.55. The maximum Gasteiger partial charge on any atom is 1.00 e. The normalized spacial score (nSPS) is 11.9. The number of aliphatic carboxylic acids is 3. The summed E-state index contributed by atoms with van der Waals surface area (Å²) in [7, 11) is 0. The van der Waals surface area contributed by atoms with E-state index in [2.05, 4.69) is 35.9 Å². The predicted octanol–water partition coefficient (Wildman–Crippen LogP) is -3.69. The number of aromatic amines is 1. The van der Waals surface area contributed by atoms with Gasteiger partial charge in [-0.05, 0) is 37.1 Å². The number of hydrogen-bond acceptors (Lipinski definition) is 11. The second kappa shape index (κ2) is 15.4. The van der Waals surface area contributed by atoms with E-state index >= 15 is 0 Å². The summed E-state index contributed by atoms with van der Waals surface area (Å²) in [5.74, 6) is -5.76. The zero-order chi connectivity index (χ0) is 30.1. The minimum absolute atomic E-state index is 0. The van der Waals surface area contributed by atoms with Crippen molar-refractivity contribution in [3.05, 3.63) is 52.1 Å². The monoisotopic (exact) mass is 593 g/mol. The molecule has 3 aromatic rings. The number of benzene rings is 1. The average Bonchev–Trinajstić information content (AvgIpc) is 2.91. The molecule has 2 amide bonds. The number of carboxylic acid groups (broad SMARTS) is 3. The van der Waals surface area contributed by atoms with E-state index in [0.29, 0.717) is 11.4 Å². The van der Waals surface area contributed by atoms with Crippen LogP contribution in [0.5, 0.6) is 0 Å². The van der Waals surface area contributed by atoms with Crippen LogP contribution in [-0.2, 0) is 25.7 Å². The van der Waals surface area contributed by atoms with Gasteiger partial charge in [-0.15, -0.1) is 0 Å². The summed E-state index contributed by atoms with van der Waals surface area (Å²) >= 11 is 0. The molecule has 17 nitrogen and oxygen atoms in total. The number of nitrogens with one attached hydrogen (secondary N) is 4. The van der Waals surface area contributed by atoms with Crippen molar-refractivity contribution >= 4 is 52.5 Å². The van der Waals surface area contributed by atoms with E-state index in [1.54, 1.807) is 12.1 Å². The second-order valence-electron chi connectivity index (χ2n) is 8.71. The topological polar surface area (TPSA) is 280 Å². The van der Waals surface area contributed by atoms with Crippen LogP contribution in [0.4, 0.5) is 11.6 Å². The minimum Gasteiger partial charge on any atom is -0.481 e. The standard InChI is InChI=1S/C24H26N8O9.Na/c25-24-31-19-18(22(39)32-24)28-13(10-27-19)9-26-12-3-1-11(2-4-12)20(37)29-14(5-7-16(33)34)21(38)30-15(23(40)41)6-8-17(35)36;/h1-4,10,14-15,26H,5-9H2,(H,29,37)(H,30,38)(H,33,34)(H,35,36)(H,40,41)(H3,25,27,31,32,39);/q;+1. The van der Waals surface area contributed by atoms with Crippen LogP contribution in [0.3, 0.4) is 0 Å². The number of carbonyl (C=O) groups is 5. The Labute approximate surface area is 258 Å². The van der Waals surface area contributed by atoms with Gasteiger partial charge >= 0.3 is 47.5 Å². The van der Waals surface area contributed by atoms with Gasteiger partial charge < -0.3 is 37.0 Å². The zero-order valence-corrected chi connectivity index (χ0v) is 24.3. The number of hydrogen-bond donors (Lipinski definition) is 8. The smallest absolute Gasteiger partial charge is 0.481 e. The summed E-state index contributed by atoms with van der Waals surface area (Å²) in [4.78, 5) is 85.3. The van der Waals surface area contributed by atoms with E-state index in [1.807, 2.05) is 0 Å². The first-order valence-electron chi connectivity index (χ1n) is 12.1. The summed E-state index contributed by atoms with van der Waals surface area (Å²) in [5, 5.41) is 34.7. The molecule has 0 aliphatic carbocycles. The van der Waals surface area contributed by atoms with Gasteiger partial charge in [-0.1, -0.05) is 0 Å². The molecular formula is C24H26N8NaO9+. The van der Waals surface area contributed by atoms with E-state index in [0.717, 1.165) is 0 Å². The van der Waals surface area contributed by atoms with Gasteiger partial charge in [0.05, 0.1) is 18.4 Å². The van der Waals surface area contributed by atoms with Crippen molar-refractivity contribution in [2.75, 3.05) is 11.1 Å². The third-order valence-corrected chi connectivity index (χ3v) is 5.64. The van der Waals surface area contributed by atoms with E-state index in [9.17, 15) is 33.9 Å². The van der Waals surface area contributed by atoms with Crippen molar-refractivity contribution in [3.63, 3.8) is 0 Å². The van der Waals surface area contributed by atoms with Crippen molar-refractivity contribution in [2.24, 2.45) is 0 Å². The average molecular weight is 594 g/mol. The molecule has 0 bridgehead atoms. The second-order valence-corrected chi connectivity index (χ2v) is 8.71. The van der Waals surface area contributed by atoms with Gasteiger partial charge in [0.15, 0.2) is 11.2 Å². The van der Waals surface area contributed by atoms with Crippen LogP contribution in [0.15, 0.2) is 35.3 Å². The number of fused-ring (bicyclic) bond motifs is 1. The Kier molecular flexibility index (Phi) is 12.3. The Morgan fingerprint density at radius 3 is 2.12 bits per heavy atom. The molecule has 2 aromatic heterocycles. The van der Waals surface area contributed by atoms with Gasteiger partial charge in [-0.3, -0.25) is 29.0 Å². The van der Waals surface area contributed by atoms with E-state index in [1.165, 1.54) is 18.3 Å². The van der Waals surface area contributed by atoms with Crippen LogP contribution < -0.4 is 56.8 Å². The number of nitrogens with two attached hydrogens (primary N) is 1. The van der Waals surface area contributed by atoms with Gasteiger partial charge in [0.1, 0.15) is 12.1 Å². The Morgan fingerprint density at radius 2 is 1.52 bits per heavy atom. The van der Waals surface area contributed by atoms with Crippen molar-refractivity contribution < 1.29 is 68.8 Å². The first kappa shape index (κ1) is 33.6. The summed E-state index contributed by atoms with van der Waals surface area (Å²) in [5.41, 5.74) is 6.17. The molecule has 216 valence electrons. The number of nitrogen functional groups attached to an aromatic ring is 1. The molecular weight excluding hydrogens is 567 g/mol. The molecule has 0 saturated heterocycles. The summed E-state index contributed by atoms with van der Waals surface area (Å²) < 4.78 is 0. The number of anilines is 2. The largest absolute Gasteiger partial charge is 1.00 e. The summed E-state index contributed by atoms with van der Waals surface area (Å²) in [6, 6.07) is 3.02. The predicted molar refractivity (Wildman–Crippen MR) is 141 cm³/mol. The van der Waals surface area contributed by atoms with Gasteiger partial charge in [0, 0.05) is 24.1 Å². The molecule has 0 aliphatic rings. The van der Waals surface area contributed by atoms with Gasteiger partial charge in [0.25, 0.3) is 11.5 Å². The fraction of sp³-hybridized carbons (Fsp3) is 0.292. The maximum absolute atomic E-state index is 12.8. The number of H-pyrrole nitrogens is 1. The number of rotatable bonds is 14. The summed E-state index contributed by atoms with van der Waals surface area (Å²) in [6.45, 7) is 0.169. The summed E-state index contributed by atoms with van der Waals surface area (Å²) in [6.07, 6.45) is -0.350. The molecule has 1 aromatic carbocycles. The van der Waals surface area contributed by atoms with E-state index in [4.69, 9.17) is 15.9 Å². The SMILES string of the molecule is Nc1nc2ncc(CNc3ccc(C(=O)NC(CCC(=O)O)C(=O)NC(CCC(=O)O)C(=O)O)cc3)nc2c(=O)[nH]1.[Na+]. The third kappa shape index (κ3) is 9.79. The fourth-order valence-electron chi connectivity index (χ4n) is 3.56. The molecule has 0 spiro atoms. The van der Waals surface area contributed by atoms with Crippen molar-refractivity contribution in [3.8, 4) is 0 Å². The first-order valence-corrected chi connectivity index (χ1v) is 12.1. The Hall–Kier alpha value is -4.61. The number of carbonyl (C=O) groups excluding carboxylic acids is 2. The molecule has 3 rings (SSSR count). The molecule has 0 aliphatic heterocycles. The Balaban J connectivity index is 0.00000616. The maximum atomic E-state index is 12.8. The molecule has 2 unspecified atom stereocenters. The molecule has 2 heterocycles. The molecule has 18 heteroatoms. The number of carboxylic acids is 3. The van der Waals surface area contributed by atoms with Crippen molar-refractivity contribution in [2.45, 2.75) is 44.3 Å². The molecule has 9 N–H and O–H groups in total. The van der Waals surface area contributed by atoms with Crippen LogP contribution in [0.2, 0.25) is 0 Å². The van der Waals surface area contributed by atoms with Crippen LogP contribution >= 0.6 is 0 Å². The van der Waals surface area contributed by atoms with Crippen molar-refractivity contribution in [1.82, 2.24) is 30.6 Å². The number of amides is 2. The molecule has 0 fully saturated rings. The number of nitrogens with zero attached hydrogens (tertiary/aromatic N) is 3. The fourth-order valence-corrected chi connectivity index (χ4v) is 3.56. The van der Waals surface area contributed by atoms with Gasteiger partial charge in [-0.25, -0.2) is 14.8 Å². The van der Waals surface area contributed by atoms with Crippen LogP contribution in [0, 0.1) is 0 Å². The molecule has 0 saturated carbocycles. The molecule has 0 radical (unpaired) electrons. The van der Waals surface area contributed by atoms with Crippen LogP contribution in [0.25, 0.3) is 11.2 Å². The molecule has 42 heavy (non-hydrogen) atoms. The van der Waals surface area contributed by atoms with Gasteiger partial charge in [0.2, 0.25) is 11.9 Å². The van der Waals surface area contributed by atoms with Gasteiger partial charge in [-0.2, -0.15) is 4.98 Å². The molecule has 2 atom stereocenters. The zero-order valence-electron chi connectivity index (χ0n) is 22.3. The first-order chi connectivity index (χ1) is 19.4. The van der Waals surface area contributed by atoms with Crippen molar-refractivity contribution in [1.29, 1.82) is 0 Å². The Bertz CT molecular complexity index is 1530. The Morgan fingerprint density at radius 1 is 0.905 bits per heavy atom. The van der Waals surface area contributed by atoms with E-state index in [-0.39, 0.29) is 65.2 Å². The van der Waals surface area contributed by atoms with E-state index < -0.39 is 66.6 Å².